The van der Waals surface area contributed by atoms with E-state index in [-0.39, 0.29) is 0 Å². The fraction of sp³-hybridized carbons (Fsp3) is 0. The number of hydrogen-bond acceptors (Lipinski definition) is 0. The first-order valence-corrected chi connectivity index (χ1v) is 2.61. The van der Waals surface area contributed by atoms with Crippen LogP contribution in [0.25, 0.3) is 0 Å². The predicted octanol–water partition coefficient (Wildman–Crippen LogP) is 2.42. The van der Waals surface area contributed by atoms with Gasteiger partial charge in [-0.15, -0.1) is 0 Å². The molecular weight excluding hydrogens is 146 g/mol. The fourth-order valence-corrected chi connectivity index (χ4v) is 0.547. The van der Waals surface area contributed by atoms with Crippen molar-refractivity contribution in [1.29, 1.82) is 0 Å². The van der Waals surface area contributed by atoms with Gasteiger partial charge in [0, 0.05) is 6.07 Å². The molecule has 0 unspecified atom stereocenters. The van der Waals surface area contributed by atoms with Gasteiger partial charge in [0.05, 0.1) is 0 Å². The monoisotopic (exact) mass is 147 g/mol. The van der Waals surface area contributed by atoms with Gasteiger partial charge in [0.15, 0.2) is 5.82 Å². The van der Waals surface area contributed by atoms with Crippen LogP contribution in [0.4, 0.5) is 8.78 Å². The summed E-state index contributed by atoms with van der Waals surface area (Å²) in [4.78, 5) is 0. The Hall–Kier alpha value is -0.630. The summed E-state index contributed by atoms with van der Waals surface area (Å²) < 4.78 is 24.3. The van der Waals surface area contributed by atoms with E-state index in [1.807, 2.05) is 0 Å². The average Bonchev–Trinajstić information content (AvgIpc) is 1.83. The second-order valence-electron chi connectivity index (χ2n) is 1.45. The van der Waals surface area contributed by atoms with Crippen molar-refractivity contribution in [3.8, 4) is 0 Å². The molecule has 0 atom stereocenters. The molecule has 0 aliphatic heterocycles. The van der Waals surface area contributed by atoms with Crippen molar-refractivity contribution in [1.82, 2.24) is 0 Å². The van der Waals surface area contributed by atoms with Crippen LogP contribution in [0.2, 0.25) is 5.02 Å². The van der Waals surface area contributed by atoms with E-state index >= 15 is 0 Å². The molecule has 1 radical (unpaired) electrons. The van der Waals surface area contributed by atoms with Crippen LogP contribution in [0.1, 0.15) is 0 Å². The summed E-state index contributed by atoms with van der Waals surface area (Å²) >= 11 is 5.10. The first-order chi connectivity index (χ1) is 4.22. The molecule has 0 fully saturated rings. The number of benzene rings is 1. The second-order valence-corrected chi connectivity index (χ2v) is 1.83. The van der Waals surface area contributed by atoms with Crippen LogP contribution in [0.3, 0.4) is 0 Å². The molecule has 0 spiro atoms. The van der Waals surface area contributed by atoms with E-state index in [1.165, 1.54) is 0 Å². The van der Waals surface area contributed by atoms with Crippen LogP contribution in [-0.2, 0) is 0 Å². The normalized spacial score (nSPS) is 9.67. The quantitative estimate of drug-likeness (QED) is 0.495. The molecule has 0 nitrogen and oxygen atoms in total. The van der Waals surface area contributed by atoms with Crippen molar-refractivity contribution in [2.45, 2.75) is 0 Å². The Balaban J connectivity index is 3.25. The average molecular weight is 148 g/mol. The van der Waals surface area contributed by atoms with Crippen LogP contribution in [0, 0.1) is 17.7 Å². The highest BCUT2D eigenvalue weighted by atomic mass is 35.5. The van der Waals surface area contributed by atoms with E-state index in [2.05, 4.69) is 6.07 Å². The van der Waals surface area contributed by atoms with Gasteiger partial charge in [0.2, 0.25) is 0 Å². The summed E-state index contributed by atoms with van der Waals surface area (Å²) in [5.41, 5.74) is 0. The smallest absolute Gasteiger partial charge is 0.152 e. The summed E-state index contributed by atoms with van der Waals surface area (Å²) in [5.74, 6) is -1.61. The fourth-order valence-electron chi connectivity index (χ4n) is 0.429. The number of hydrogen-bond donors (Lipinski definition) is 0. The standard InChI is InChI=1S/C6H2ClF2/c7-6-4(8)2-1-3-5(6)9/h1-2H. The highest BCUT2D eigenvalue weighted by Gasteiger charge is 2.02. The molecule has 0 saturated carbocycles. The van der Waals surface area contributed by atoms with Crippen molar-refractivity contribution in [2.24, 2.45) is 0 Å². The van der Waals surface area contributed by atoms with Crippen LogP contribution in [0.5, 0.6) is 0 Å². The van der Waals surface area contributed by atoms with Gasteiger partial charge in [0.25, 0.3) is 0 Å². The molecule has 1 rings (SSSR count). The number of rotatable bonds is 0. The van der Waals surface area contributed by atoms with E-state index in [9.17, 15) is 8.78 Å². The summed E-state index contributed by atoms with van der Waals surface area (Å²) in [5, 5.41) is -0.502. The maximum absolute atomic E-state index is 12.2. The van der Waals surface area contributed by atoms with Gasteiger partial charge in [-0.1, -0.05) is 11.6 Å². The molecule has 0 aromatic heterocycles. The summed E-state index contributed by atoms with van der Waals surface area (Å²) in [6.07, 6.45) is 0. The molecule has 0 aliphatic rings. The molecule has 0 aliphatic carbocycles. The third-order valence-electron chi connectivity index (χ3n) is 0.842. The lowest BCUT2D eigenvalue weighted by Crippen LogP contribution is -1.80. The third kappa shape index (κ3) is 1.19. The molecule has 0 amide bonds. The van der Waals surface area contributed by atoms with Gasteiger partial charge in [-0.05, 0) is 12.1 Å². The Morgan fingerprint density at radius 3 is 2.56 bits per heavy atom. The zero-order valence-electron chi connectivity index (χ0n) is 4.29. The Labute approximate surface area is 56.1 Å². The largest absolute Gasteiger partial charge is 0.205 e. The topological polar surface area (TPSA) is 0 Å². The first kappa shape index (κ1) is 6.49. The van der Waals surface area contributed by atoms with E-state index in [0.717, 1.165) is 12.1 Å². The molecule has 0 heterocycles. The zero-order chi connectivity index (χ0) is 6.85. The van der Waals surface area contributed by atoms with Crippen molar-refractivity contribution in [3.63, 3.8) is 0 Å². The second kappa shape index (κ2) is 2.31. The van der Waals surface area contributed by atoms with E-state index in [0.29, 0.717) is 0 Å². The minimum absolute atomic E-state index is 0.502. The summed E-state index contributed by atoms with van der Waals surface area (Å²) in [6, 6.07) is 4.28. The van der Waals surface area contributed by atoms with Crippen LogP contribution in [-0.4, -0.2) is 0 Å². The molecule has 0 saturated heterocycles. The molecule has 0 bridgehead atoms. The Morgan fingerprint density at radius 1 is 1.44 bits per heavy atom. The minimum Gasteiger partial charge on any atom is -0.205 e. The highest BCUT2D eigenvalue weighted by molar-refractivity contribution is 6.30. The van der Waals surface area contributed by atoms with E-state index < -0.39 is 16.7 Å². The molecular formula is C6H2ClF2. The van der Waals surface area contributed by atoms with Gasteiger partial charge >= 0.3 is 0 Å². The van der Waals surface area contributed by atoms with Gasteiger partial charge in [-0.3, -0.25) is 0 Å². The van der Waals surface area contributed by atoms with E-state index in [4.69, 9.17) is 11.6 Å². The Kier molecular flexibility index (Phi) is 1.67. The first-order valence-electron chi connectivity index (χ1n) is 2.23. The lowest BCUT2D eigenvalue weighted by Gasteiger charge is -1.91. The maximum atomic E-state index is 12.2. The highest BCUT2D eigenvalue weighted by Crippen LogP contribution is 2.16. The van der Waals surface area contributed by atoms with Gasteiger partial charge < -0.3 is 0 Å². The van der Waals surface area contributed by atoms with Crippen molar-refractivity contribution < 1.29 is 8.78 Å². The van der Waals surface area contributed by atoms with Gasteiger partial charge in [-0.25, -0.2) is 8.78 Å². The molecule has 0 N–H and O–H groups in total. The third-order valence-corrected chi connectivity index (χ3v) is 1.19. The van der Waals surface area contributed by atoms with Crippen LogP contribution >= 0.6 is 11.6 Å². The van der Waals surface area contributed by atoms with E-state index in [1.54, 1.807) is 0 Å². The SMILES string of the molecule is Fc1[c]ccc(F)c1Cl. The van der Waals surface area contributed by atoms with Crippen molar-refractivity contribution >= 4 is 11.6 Å². The Bertz CT molecular complexity index is 202. The van der Waals surface area contributed by atoms with Crippen LogP contribution < -0.4 is 0 Å². The lowest BCUT2D eigenvalue weighted by molar-refractivity contribution is 0.582. The molecule has 1 aromatic carbocycles. The predicted molar refractivity (Wildman–Crippen MR) is 30.2 cm³/mol. The van der Waals surface area contributed by atoms with Crippen molar-refractivity contribution in [2.75, 3.05) is 0 Å². The summed E-state index contributed by atoms with van der Waals surface area (Å²) in [6.45, 7) is 0. The minimum atomic E-state index is -0.850. The van der Waals surface area contributed by atoms with Gasteiger partial charge in [-0.2, -0.15) is 0 Å². The molecule has 9 heavy (non-hydrogen) atoms. The maximum Gasteiger partial charge on any atom is 0.152 e. The van der Waals surface area contributed by atoms with Crippen molar-refractivity contribution in [3.05, 3.63) is 34.9 Å². The molecule has 3 heteroatoms. The number of halogens is 3. The Morgan fingerprint density at radius 2 is 2.11 bits per heavy atom. The molecule has 1 aromatic rings. The summed E-state index contributed by atoms with van der Waals surface area (Å²) in [7, 11) is 0. The van der Waals surface area contributed by atoms with Gasteiger partial charge in [0.1, 0.15) is 10.8 Å². The molecule has 47 valence electrons. The zero-order valence-corrected chi connectivity index (χ0v) is 5.04. The van der Waals surface area contributed by atoms with Crippen LogP contribution in [0.15, 0.2) is 12.1 Å². The lowest BCUT2D eigenvalue weighted by atomic mass is 10.3.